The van der Waals surface area contributed by atoms with E-state index in [0.717, 1.165) is 9.87 Å². The first-order valence-electron chi connectivity index (χ1n) is 8.20. The molecule has 0 saturated heterocycles. The van der Waals surface area contributed by atoms with Crippen LogP contribution in [0.25, 0.3) is 11.5 Å². The number of hydrogen-bond acceptors (Lipinski definition) is 7. The maximum absolute atomic E-state index is 12.3. The van der Waals surface area contributed by atoms with E-state index in [4.69, 9.17) is 9.62 Å². The van der Waals surface area contributed by atoms with E-state index in [9.17, 15) is 13.2 Å². The van der Waals surface area contributed by atoms with Crippen LogP contribution in [-0.4, -0.2) is 48.1 Å². The molecule has 3 rings (SSSR count). The number of benzene rings is 2. The average molecular weight is 402 g/mol. The van der Waals surface area contributed by atoms with Crippen molar-refractivity contribution in [3.05, 3.63) is 65.5 Å². The van der Waals surface area contributed by atoms with Crippen LogP contribution in [0.3, 0.4) is 0 Å². The second-order valence-electron chi connectivity index (χ2n) is 6.13. The SMILES string of the molecule is CN(C)S(=O)(=O)c1cccc(-c2nnc(Cc3ccc(C(=O)NO)cc3)o2)c1. The minimum Gasteiger partial charge on any atom is -0.420 e. The zero-order valence-corrected chi connectivity index (χ0v) is 16.0. The molecule has 0 aliphatic heterocycles. The second-order valence-corrected chi connectivity index (χ2v) is 8.28. The summed E-state index contributed by atoms with van der Waals surface area (Å²) in [4.78, 5) is 11.5. The molecule has 28 heavy (non-hydrogen) atoms. The van der Waals surface area contributed by atoms with Gasteiger partial charge in [0.1, 0.15) is 0 Å². The Morgan fingerprint density at radius 2 is 1.86 bits per heavy atom. The van der Waals surface area contributed by atoms with Crippen molar-refractivity contribution in [2.45, 2.75) is 11.3 Å². The number of nitrogens with one attached hydrogen (secondary N) is 1. The molecule has 0 unspecified atom stereocenters. The summed E-state index contributed by atoms with van der Waals surface area (Å²) in [6.45, 7) is 0. The molecule has 0 spiro atoms. The second kappa shape index (κ2) is 7.89. The number of rotatable bonds is 6. The van der Waals surface area contributed by atoms with Crippen molar-refractivity contribution < 1.29 is 22.8 Å². The lowest BCUT2D eigenvalue weighted by Crippen LogP contribution is -2.22. The van der Waals surface area contributed by atoms with Gasteiger partial charge in [0, 0.05) is 25.2 Å². The monoisotopic (exact) mass is 402 g/mol. The number of nitrogens with zero attached hydrogens (tertiary/aromatic N) is 3. The predicted molar refractivity (Wildman–Crippen MR) is 99.1 cm³/mol. The van der Waals surface area contributed by atoms with Crippen LogP contribution in [-0.2, 0) is 16.4 Å². The highest BCUT2D eigenvalue weighted by Gasteiger charge is 2.19. The number of sulfonamides is 1. The van der Waals surface area contributed by atoms with Crippen molar-refractivity contribution in [3.8, 4) is 11.5 Å². The molecule has 1 aromatic heterocycles. The van der Waals surface area contributed by atoms with Crippen LogP contribution in [0.5, 0.6) is 0 Å². The maximum Gasteiger partial charge on any atom is 0.274 e. The molecule has 0 radical (unpaired) electrons. The van der Waals surface area contributed by atoms with Gasteiger partial charge in [-0.25, -0.2) is 18.2 Å². The molecule has 0 saturated carbocycles. The predicted octanol–water partition coefficient (Wildman–Crippen LogP) is 1.70. The summed E-state index contributed by atoms with van der Waals surface area (Å²) < 4.78 is 31.3. The Kier molecular flexibility index (Phi) is 5.54. The van der Waals surface area contributed by atoms with E-state index in [1.54, 1.807) is 41.9 Å². The molecule has 3 aromatic rings. The first kappa shape index (κ1) is 19.7. The molecule has 2 N–H and O–H groups in total. The molecule has 10 heteroatoms. The van der Waals surface area contributed by atoms with Crippen molar-refractivity contribution in [3.63, 3.8) is 0 Å². The van der Waals surface area contributed by atoms with Crippen LogP contribution in [0.2, 0.25) is 0 Å². The third kappa shape index (κ3) is 4.09. The van der Waals surface area contributed by atoms with Gasteiger partial charge in [-0.15, -0.1) is 10.2 Å². The summed E-state index contributed by atoms with van der Waals surface area (Å²) in [5, 5.41) is 16.6. The molecule has 146 valence electrons. The normalized spacial score (nSPS) is 11.6. The maximum atomic E-state index is 12.3. The Balaban J connectivity index is 1.80. The van der Waals surface area contributed by atoms with Gasteiger partial charge in [0.15, 0.2) is 0 Å². The van der Waals surface area contributed by atoms with Crippen molar-refractivity contribution in [1.29, 1.82) is 0 Å². The van der Waals surface area contributed by atoms with Gasteiger partial charge in [0.2, 0.25) is 21.8 Å². The molecular formula is C18H18N4O5S. The fraction of sp³-hybridized carbons (Fsp3) is 0.167. The Hall–Kier alpha value is -3.08. The molecule has 0 atom stereocenters. The zero-order chi connectivity index (χ0) is 20.3. The van der Waals surface area contributed by atoms with Gasteiger partial charge in [-0.2, -0.15) is 0 Å². The van der Waals surface area contributed by atoms with Gasteiger partial charge in [0.05, 0.1) is 11.3 Å². The van der Waals surface area contributed by atoms with Crippen molar-refractivity contribution in [1.82, 2.24) is 20.0 Å². The summed E-state index contributed by atoms with van der Waals surface area (Å²) in [5.41, 5.74) is 3.21. The molecule has 0 aliphatic carbocycles. The third-order valence-corrected chi connectivity index (χ3v) is 5.81. The molecule has 1 amide bonds. The Bertz CT molecular complexity index is 1090. The Labute approximate surface area is 161 Å². The number of hydrogen-bond donors (Lipinski definition) is 2. The third-order valence-electron chi connectivity index (χ3n) is 4.00. The lowest BCUT2D eigenvalue weighted by molar-refractivity contribution is 0.0706. The van der Waals surface area contributed by atoms with Crippen LogP contribution in [0.4, 0.5) is 0 Å². The summed E-state index contributed by atoms with van der Waals surface area (Å²) >= 11 is 0. The Morgan fingerprint density at radius 1 is 1.14 bits per heavy atom. The first-order valence-corrected chi connectivity index (χ1v) is 9.64. The minimum atomic E-state index is -3.57. The minimum absolute atomic E-state index is 0.132. The van der Waals surface area contributed by atoms with E-state index in [1.165, 1.54) is 26.2 Å². The van der Waals surface area contributed by atoms with Gasteiger partial charge in [-0.1, -0.05) is 18.2 Å². The van der Waals surface area contributed by atoms with Crippen molar-refractivity contribution in [2.75, 3.05) is 14.1 Å². The molecule has 1 heterocycles. The van der Waals surface area contributed by atoms with Gasteiger partial charge >= 0.3 is 0 Å². The molecular weight excluding hydrogens is 384 g/mol. The van der Waals surface area contributed by atoms with Gasteiger partial charge < -0.3 is 4.42 Å². The average Bonchev–Trinajstić information content (AvgIpc) is 3.16. The van der Waals surface area contributed by atoms with E-state index in [0.29, 0.717) is 23.4 Å². The lowest BCUT2D eigenvalue weighted by atomic mass is 10.1. The topological polar surface area (TPSA) is 126 Å². The summed E-state index contributed by atoms with van der Waals surface area (Å²) in [7, 11) is -0.648. The zero-order valence-electron chi connectivity index (χ0n) is 15.2. The largest absolute Gasteiger partial charge is 0.420 e. The summed E-state index contributed by atoms with van der Waals surface area (Å²) in [5.74, 6) is -0.0449. The van der Waals surface area contributed by atoms with Gasteiger partial charge in [-0.3, -0.25) is 10.0 Å². The fourth-order valence-corrected chi connectivity index (χ4v) is 3.40. The quantitative estimate of drug-likeness (QED) is 0.475. The van der Waals surface area contributed by atoms with E-state index < -0.39 is 15.9 Å². The van der Waals surface area contributed by atoms with Crippen molar-refractivity contribution >= 4 is 15.9 Å². The molecule has 0 fully saturated rings. The number of amides is 1. The Morgan fingerprint density at radius 3 is 2.50 bits per heavy atom. The number of carbonyl (C=O) groups excluding carboxylic acids is 1. The van der Waals surface area contributed by atoms with E-state index >= 15 is 0 Å². The summed E-state index contributed by atoms with van der Waals surface area (Å²) in [6, 6.07) is 12.8. The van der Waals surface area contributed by atoms with E-state index in [1.807, 2.05) is 0 Å². The molecule has 0 bridgehead atoms. The summed E-state index contributed by atoms with van der Waals surface area (Å²) in [6.07, 6.45) is 0.337. The number of hydroxylamine groups is 1. The highest BCUT2D eigenvalue weighted by atomic mass is 32.2. The fourth-order valence-electron chi connectivity index (χ4n) is 2.46. The van der Waals surface area contributed by atoms with Crippen LogP contribution in [0.1, 0.15) is 21.8 Å². The van der Waals surface area contributed by atoms with E-state index in [2.05, 4.69) is 10.2 Å². The number of carbonyl (C=O) groups is 1. The number of aromatic nitrogens is 2. The molecule has 0 aliphatic rings. The smallest absolute Gasteiger partial charge is 0.274 e. The van der Waals surface area contributed by atoms with Crippen LogP contribution < -0.4 is 5.48 Å². The molecule has 9 nitrogen and oxygen atoms in total. The van der Waals surface area contributed by atoms with E-state index in [-0.39, 0.29) is 10.8 Å². The lowest BCUT2D eigenvalue weighted by Gasteiger charge is -2.11. The van der Waals surface area contributed by atoms with Crippen LogP contribution >= 0.6 is 0 Å². The molecule has 2 aromatic carbocycles. The highest BCUT2D eigenvalue weighted by molar-refractivity contribution is 7.89. The first-order chi connectivity index (χ1) is 13.3. The van der Waals surface area contributed by atoms with Crippen LogP contribution in [0.15, 0.2) is 57.8 Å². The van der Waals surface area contributed by atoms with Gasteiger partial charge in [-0.05, 0) is 35.9 Å². The van der Waals surface area contributed by atoms with Crippen LogP contribution in [0, 0.1) is 0 Å². The standard InChI is InChI=1S/C18H18N4O5S/c1-22(2)28(25,26)15-5-3-4-14(11-15)18-20-19-16(27-18)10-12-6-8-13(9-7-12)17(23)21-24/h3-9,11,24H,10H2,1-2H3,(H,21,23). The highest BCUT2D eigenvalue weighted by Crippen LogP contribution is 2.23. The van der Waals surface area contributed by atoms with Crippen molar-refractivity contribution in [2.24, 2.45) is 0 Å². The van der Waals surface area contributed by atoms with Gasteiger partial charge in [0.25, 0.3) is 5.91 Å².